The maximum absolute atomic E-state index is 11.9. The van der Waals surface area contributed by atoms with E-state index in [0.29, 0.717) is 11.3 Å². The van der Waals surface area contributed by atoms with Gasteiger partial charge in [0.05, 0.1) is 7.11 Å². The number of rotatable bonds is 6. The number of hydrogen-bond acceptors (Lipinski definition) is 5. The molecule has 1 aromatic rings. The van der Waals surface area contributed by atoms with Crippen LogP contribution in [0.4, 0.5) is 5.69 Å². The number of carbonyl (C=O) groups excluding carboxylic acids is 2. The fraction of sp³-hybridized carbons (Fsp3) is 0.308. The largest absolute Gasteiger partial charge is 0.480 e. The molecule has 108 valence electrons. The summed E-state index contributed by atoms with van der Waals surface area (Å²) in [6.07, 6.45) is -0.127. The quantitative estimate of drug-likeness (QED) is 0.513. The minimum absolute atomic E-state index is 0.0390. The number of nitrogens with one attached hydrogen (secondary N) is 1. The third-order valence-corrected chi connectivity index (χ3v) is 2.64. The Morgan fingerprint density at radius 2 is 1.90 bits per heavy atom. The number of nitrogen functional groups attached to an aromatic ring is 1. The van der Waals surface area contributed by atoms with Gasteiger partial charge in [0.2, 0.25) is 0 Å². The van der Waals surface area contributed by atoms with Crippen molar-refractivity contribution in [3.05, 3.63) is 29.8 Å². The molecule has 0 radical (unpaired) electrons. The SMILES string of the molecule is COC(=O)CC[C@H](NC(=O)c1ccc(N)cc1)C(=O)O. The third kappa shape index (κ3) is 4.60. The molecule has 0 aliphatic carbocycles. The lowest BCUT2D eigenvalue weighted by Gasteiger charge is -2.14. The first-order valence-corrected chi connectivity index (χ1v) is 5.90. The highest BCUT2D eigenvalue weighted by atomic mass is 16.5. The summed E-state index contributed by atoms with van der Waals surface area (Å²) in [5.74, 6) is -2.28. The van der Waals surface area contributed by atoms with Gasteiger partial charge in [0.1, 0.15) is 6.04 Å². The molecule has 0 saturated heterocycles. The molecular weight excluding hydrogens is 264 g/mol. The molecule has 7 heteroatoms. The summed E-state index contributed by atoms with van der Waals surface area (Å²) in [7, 11) is 1.21. The molecule has 0 bridgehead atoms. The molecule has 0 aliphatic rings. The molecule has 1 atom stereocenters. The third-order valence-electron chi connectivity index (χ3n) is 2.64. The number of nitrogens with two attached hydrogens (primary N) is 1. The van der Waals surface area contributed by atoms with Gasteiger partial charge >= 0.3 is 11.9 Å². The Labute approximate surface area is 115 Å². The van der Waals surface area contributed by atoms with Crippen molar-refractivity contribution >= 4 is 23.5 Å². The summed E-state index contributed by atoms with van der Waals surface area (Å²) in [5, 5.41) is 11.4. The Bertz CT molecular complexity index is 498. The number of carbonyl (C=O) groups is 3. The second-order valence-electron chi connectivity index (χ2n) is 4.10. The Hall–Kier alpha value is -2.57. The average Bonchev–Trinajstić information content (AvgIpc) is 2.43. The number of carboxylic acid groups (broad SMARTS) is 1. The number of hydrogen-bond donors (Lipinski definition) is 3. The van der Waals surface area contributed by atoms with Crippen LogP contribution in [0.3, 0.4) is 0 Å². The zero-order chi connectivity index (χ0) is 15.1. The number of anilines is 1. The molecule has 0 fully saturated rings. The number of esters is 1. The van der Waals surface area contributed by atoms with E-state index in [4.69, 9.17) is 10.8 Å². The predicted octanol–water partition coefficient (Wildman–Crippen LogP) is 0.405. The molecular formula is C13H16N2O5. The molecule has 0 heterocycles. The van der Waals surface area contributed by atoms with Crippen molar-refractivity contribution in [2.45, 2.75) is 18.9 Å². The molecule has 0 unspecified atom stereocenters. The predicted molar refractivity (Wildman–Crippen MR) is 71.0 cm³/mol. The van der Waals surface area contributed by atoms with Crippen molar-refractivity contribution in [1.29, 1.82) is 0 Å². The molecule has 1 rings (SSSR count). The van der Waals surface area contributed by atoms with Gasteiger partial charge in [-0.15, -0.1) is 0 Å². The van der Waals surface area contributed by atoms with Crippen LogP contribution in [0, 0.1) is 0 Å². The molecule has 4 N–H and O–H groups in total. The Kier molecular flexibility index (Phi) is 5.52. The van der Waals surface area contributed by atoms with Crippen molar-refractivity contribution in [3.8, 4) is 0 Å². The van der Waals surface area contributed by atoms with Gasteiger partial charge in [-0.3, -0.25) is 9.59 Å². The van der Waals surface area contributed by atoms with Gasteiger partial charge in [-0.05, 0) is 30.7 Å². The van der Waals surface area contributed by atoms with Crippen molar-refractivity contribution in [2.24, 2.45) is 0 Å². The van der Waals surface area contributed by atoms with E-state index in [0.717, 1.165) is 0 Å². The zero-order valence-corrected chi connectivity index (χ0v) is 11.0. The van der Waals surface area contributed by atoms with Crippen LogP contribution in [-0.4, -0.2) is 36.1 Å². The van der Waals surface area contributed by atoms with Gasteiger partial charge in [-0.1, -0.05) is 0 Å². The normalized spacial score (nSPS) is 11.4. The van der Waals surface area contributed by atoms with Crippen LogP contribution >= 0.6 is 0 Å². The van der Waals surface area contributed by atoms with E-state index in [2.05, 4.69) is 10.1 Å². The van der Waals surface area contributed by atoms with Crippen LogP contribution in [0.2, 0.25) is 0 Å². The standard InChI is InChI=1S/C13H16N2O5/c1-20-11(16)7-6-10(13(18)19)15-12(17)8-2-4-9(14)5-3-8/h2-5,10H,6-7,14H2,1H3,(H,15,17)(H,18,19)/t10-/m0/s1. The number of aliphatic carboxylic acids is 1. The minimum atomic E-state index is -1.21. The van der Waals surface area contributed by atoms with Crippen LogP contribution in [0.5, 0.6) is 0 Å². The van der Waals surface area contributed by atoms with Gasteiger partial charge in [0, 0.05) is 17.7 Å². The summed E-state index contributed by atoms with van der Waals surface area (Å²) < 4.78 is 4.42. The Morgan fingerprint density at radius 3 is 2.40 bits per heavy atom. The van der Waals surface area contributed by atoms with Gasteiger partial charge in [-0.2, -0.15) is 0 Å². The van der Waals surface area contributed by atoms with E-state index < -0.39 is 23.9 Å². The van der Waals surface area contributed by atoms with E-state index in [9.17, 15) is 14.4 Å². The van der Waals surface area contributed by atoms with Gasteiger partial charge in [0.25, 0.3) is 5.91 Å². The van der Waals surface area contributed by atoms with E-state index in [1.165, 1.54) is 19.2 Å². The molecule has 1 amide bonds. The maximum atomic E-state index is 11.9. The monoisotopic (exact) mass is 280 g/mol. The molecule has 1 aromatic carbocycles. The second-order valence-corrected chi connectivity index (χ2v) is 4.10. The Morgan fingerprint density at radius 1 is 1.30 bits per heavy atom. The van der Waals surface area contributed by atoms with E-state index >= 15 is 0 Å². The van der Waals surface area contributed by atoms with E-state index in [-0.39, 0.29) is 12.8 Å². The van der Waals surface area contributed by atoms with Crippen LogP contribution in [-0.2, 0) is 14.3 Å². The molecule has 0 aliphatic heterocycles. The van der Waals surface area contributed by atoms with Crippen molar-refractivity contribution in [1.82, 2.24) is 5.32 Å². The topological polar surface area (TPSA) is 119 Å². The number of benzene rings is 1. The highest BCUT2D eigenvalue weighted by Gasteiger charge is 2.21. The number of methoxy groups -OCH3 is 1. The first-order valence-electron chi connectivity index (χ1n) is 5.90. The lowest BCUT2D eigenvalue weighted by Crippen LogP contribution is -2.41. The van der Waals surface area contributed by atoms with Crippen LogP contribution in [0.1, 0.15) is 23.2 Å². The highest BCUT2D eigenvalue weighted by Crippen LogP contribution is 2.07. The number of amides is 1. The van der Waals surface area contributed by atoms with E-state index in [1.54, 1.807) is 12.1 Å². The second kappa shape index (κ2) is 7.13. The van der Waals surface area contributed by atoms with Gasteiger partial charge < -0.3 is 20.9 Å². The summed E-state index contributed by atoms with van der Waals surface area (Å²) in [4.78, 5) is 33.9. The summed E-state index contributed by atoms with van der Waals surface area (Å²) in [6, 6.07) is 4.91. The fourth-order valence-corrected chi connectivity index (χ4v) is 1.50. The lowest BCUT2D eigenvalue weighted by molar-refractivity contribution is -0.142. The van der Waals surface area contributed by atoms with Crippen molar-refractivity contribution in [2.75, 3.05) is 12.8 Å². The summed E-state index contributed by atoms with van der Waals surface area (Å²) >= 11 is 0. The van der Waals surface area contributed by atoms with Crippen LogP contribution in [0.15, 0.2) is 24.3 Å². The highest BCUT2D eigenvalue weighted by molar-refractivity contribution is 5.96. The van der Waals surface area contributed by atoms with Gasteiger partial charge in [-0.25, -0.2) is 4.79 Å². The Balaban J connectivity index is 2.65. The molecule has 20 heavy (non-hydrogen) atoms. The minimum Gasteiger partial charge on any atom is -0.480 e. The molecule has 7 nitrogen and oxygen atoms in total. The fourth-order valence-electron chi connectivity index (χ4n) is 1.50. The zero-order valence-electron chi connectivity index (χ0n) is 11.0. The van der Waals surface area contributed by atoms with Crippen LogP contribution in [0.25, 0.3) is 0 Å². The molecule has 0 spiro atoms. The number of ether oxygens (including phenoxy) is 1. The maximum Gasteiger partial charge on any atom is 0.326 e. The van der Waals surface area contributed by atoms with Crippen LogP contribution < -0.4 is 11.1 Å². The van der Waals surface area contributed by atoms with Crippen molar-refractivity contribution < 1.29 is 24.2 Å². The number of carboxylic acids is 1. The smallest absolute Gasteiger partial charge is 0.326 e. The van der Waals surface area contributed by atoms with E-state index in [1.807, 2.05) is 0 Å². The summed E-state index contributed by atoms with van der Waals surface area (Å²) in [6.45, 7) is 0. The lowest BCUT2D eigenvalue weighted by atomic mass is 10.1. The molecule has 0 saturated carbocycles. The first-order chi connectivity index (χ1) is 9.43. The average molecular weight is 280 g/mol. The first kappa shape index (κ1) is 15.5. The summed E-state index contributed by atoms with van der Waals surface area (Å²) in [5.41, 5.74) is 6.29. The van der Waals surface area contributed by atoms with Gasteiger partial charge in [0.15, 0.2) is 0 Å². The molecule has 0 aromatic heterocycles. The van der Waals surface area contributed by atoms with Crippen molar-refractivity contribution in [3.63, 3.8) is 0 Å².